The van der Waals surface area contributed by atoms with E-state index in [-0.39, 0.29) is 11.8 Å². The summed E-state index contributed by atoms with van der Waals surface area (Å²) in [5.41, 5.74) is 5.28. The second kappa shape index (κ2) is 8.38. The zero-order chi connectivity index (χ0) is 21.2. The van der Waals surface area contributed by atoms with Crippen LogP contribution in [-0.2, 0) is 19.4 Å². The van der Waals surface area contributed by atoms with Crippen molar-refractivity contribution in [3.05, 3.63) is 82.7 Å². The minimum atomic E-state index is -0.163. The third-order valence-electron chi connectivity index (χ3n) is 6.17. The standard InChI is InChI=1S/C25H26N4O2/c30-24(23-21-12-7-13-22(21)29(27-23)20-10-2-1-3-11-20)26-17-18-8-6-9-19(16-18)25(31)28-14-4-5-15-28/h1-3,6,8-11,16H,4-5,7,12-15,17H2,(H,26,30). The van der Waals surface area contributed by atoms with Gasteiger partial charge in [-0.1, -0.05) is 30.3 Å². The van der Waals surface area contributed by atoms with E-state index in [1.165, 1.54) is 0 Å². The van der Waals surface area contributed by atoms with Crippen LogP contribution in [0.2, 0.25) is 0 Å². The van der Waals surface area contributed by atoms with Gasteiger partial charge in [-0.05, 0) is 61.9 Å². The van der Waals surface area contributed by atoms with Gasteiger partial charge in [0.1, 0.15) is 0 Å². The Morgan fingerprint density at radius 1 is 0.935 bits per heavy atom. The van der Waals surface area contributed by atoms with Crippen molar-refractivity contribution in [2.24, 2.45) is 0 Å². The van der Waals surface area contributed by atoms with Crippen LogP contribution < -0.4 is 5.32 Å². The molecule has 5 rings (SSSR count). The van der Waals surface area contributed by atoms with Crippen LogP contribution >= 0.6 is 0 Å². The number of rotatable bonds is 5. The maximum Gasteiger partial charge on any atom is 0.272 e. The molecule has 0 unspecified atom stereocenters. The highest BCUT2D eigenvalue weighted by molar-refractivity contribution is 5.95. The molecule has 6 heteroatoms. The van der Waals surface area contributed by atoms with Crippen LogP contribution in [0.3, 0.4) is 0 Å². The van der Waals surface area contributed by atoms with Crippen molar-refractivity contribution in [1.82, 2.24) is 20.0 Å². The highest BCUT2D eigenvalue weighted by atomic mass is 16.2. The number of amides is 2. The summed E-state index contributed by atoms with van der Waals surface area (Å²) in [4.78, 5) is 27.5. The van der Waals surface area contributed by atoms with Crippen molar-refractivity contribution in [2.45, 2.75) is 38.6 Å². The number of carbonyl (C=O) groups excluding carboxylic acids is 2. The Labute approximate surface area is 181 Å². The average molecular weight is 415 g/mol. The molecule has 2 amide bonds. The quantitative estimate of drug-likeness (QED) is 0.695. The summed E-state index contributed by atoms with van der Waals surface area (Å²) >= 11 is 0. The third-order valence-corrected chi connectivity index (χ3v) is 6.17. The number of fused-ring (bicyclic) bond motifs is 1. The third kappa shape index (κ3) is 3.85. The summed E-state index contributed by atoms with van der Waals surface area (Å²) in [5, 5.41) is 7.66. The lowest BCUT2D eigenvalue weighted by Crippen LogP contribution is -2.28. The maximum absolute atomic E-state index is 13.0. The molecule has 2 heterocycles. The molecule has 1 saturated heterocycles. The Morgan fingerprint density at radius 2 is 1.74 bits per heavy atom. The van der Waals surface area contributed by atoms with E-state index < -0.39 is 0 Å². The van der Waals surface area contributed by atoms with Crippen molar-refractivity contribution in [3.8, 4) is 5.69 Å². The van der Waals surface area contributed by atoms with Crippen LogP contribution in [0.25, 0.3) is 5.69 Å². The molecule has 6 nitrogen and oxygen atoms in total. The van der Waals surface area contributed by atoms with Gasteiger partial charge in [0.15, 0.2) is 5.69 Å². The first-order valence-corrected chi connectivity index (χ1v) is 11.0. The number of hydrogen-bond donors (Lipinski definition) is 1. The van der Waals surface area contributed by atoms with Gasteiger partial charge in [0, 0.05) is 36.5 Å². The predicted octanol–water partition coefficient (Wildman–Crippen LogP) is 3.53. The Bertz CT molecular complexity index is 1110. The summed E-state index contributed by atoms with van der Waals surface area (Å²) in [7, 11) is 0. The number of nitrogens with zero attached hydrogens (tertiary/aromatic N) is 3. The molecular weight excluding hydrogens is 388 g/mol. The molecule has 0 saturated carbocycles. The van der Waals surface area contributed by atoms with Crippen LogP contribution in [0.5, 0.6) is 0 Å². The Morgan fingerprint density at radius 3 is 2.55 bits per heavy atom. The van der Waals surface area contributed by atoms with Gasteiger partial charge in [-0.15, -0.1) is 0 Å². The first kappa shape index (κ1) is 19.5. The molecule has 0 atom stereocenters. The van der Waals surface area contributed by atoms with Crippen molar-refractivity contribution in [1.29, 1.82) is 0 Å². The molecular formula is C25H26N4O2. The summed E-state index contributed by atoms with van der Waals surface area (Å²) in [5.74, 6) is -0.0887. The Hall–Kier alpha value is -3.41. The first-order chi connectivity index (χ1) is 15.2. The topological polar surface area (TPSA) is 67.2 Å². The van der Waals surface area contributed by atoms with E-state index in [1.807, 2.05) is 64.2 Å². The summed E-state index contributed by atoms with van der Waals surface area (Å²) in [6.07, 6.45) is 5.00. The maximum atomic E-state index is 13.0. The molecule has 2 aliphatic rings. The van der Waals surface area contributed by atoms with E-state index in [0.717, 1.165) is 67.7 Å². The molecule has 0 spiro atoms. The molecule has 1 aromatic heterocycles. The van der Waals surface area contributed by atoms with E-state index in [2.05, 4.69) is 10.4 Å². The second-order valence-corrected chi connectivity index (χ2v) is 8.26. The van der Waals surface area contributed by atoms with E-state index in [9.17, 15) is 9.59 Å². The molecule has 1 aliphatic carbocycles. The fourth-order valence-corrected chi connectivity index (χ4v) is 4.59. The summed E-state index contributed by atoms with van der Waals surface area (Å²) in [6.45, 7) is 2.02. The zero-order valence-electron chi connectivity index (χ0n) is 17.5. The number of nitrogens with one attached hydrogen (secondary N) is 1. The van der Waals surface area contributed by atoms with Crippen LogP contribution in [-0.4, -0.2) is 39.6 Å². The van der Waals surface area contributed by atoms with Crippen molar-refractivity contribution < 1.29 is 9.59 Å². The van der Waals surface area contributed by atoms with Gasteiger partial charge in [-0.2, -0.15) is 5.10 Å². The summed E-state index contributed by atoms with van der Waals surface area (Å²) < 4.78 is 1.91. The fourth-order valence-electron chi connectivity index (χ4n) is 4.59. The summed E-state index contributed by atoms with van der Waals surface area (Å²) in [6, 6.07) is 17.5. The normalized spacial score (nSPS) is 15.2. The zero-order valence-corrected chi connectivity index (χ0v) is 17.5. The fraction of sp³-hybridized carbons (Fsp3) is 0.320. The predicted molar refractivity (Wildman–Crippen MR) is 118 cm³/mol. The SMILES string of the molecule is O=C(NCc1cccc(C(=O)N2CCCC2)c1)c1nn(-c2ccccc2)c2c1CCC2. The second-order valence-electron chi connectivity index (χ2n) is 8.26. The highest BCUT2D eigenvalue weighted by Crippen LogP contribution is 2.27. The lowest BCUT2D eigenvalue weighted by atomic mass is 10.1. The number of benzene rings is 2. The monoisotopic (exact) mass is 414 g/mol. The molecule has 1 fully saturated rings. The minimum Gasteiger partial charge on any atom is -0.347 e. The van der Waals surface area contributed by atoms with Crippen LogP contribution in [0.4, 0.5) is 0 Å². The molecule has 0 bridgehead atoms. The smallest absolute Gasteiger partial charge is 0.272 e. The molecule has 1 aliphatic heterocycles. The van der Waals surface area contributed by atoms with Crippen LogP contribution in [0.1, 0.15) is 56.9 Å². The molecule has 1 N–H and O–H groups in total. The van der Waals surface area contributed by atoms with Gasteiger partial charge < -0.3 is 10.2 Å². The van der Waals surface area contributed by atoms with E-state index >= 15 is 0 Å². The van der Waals surface area contributed by atoms with Gasteiger partial charge >= 0.3 is 0 Å². The first-order valence-electron chi connectivity index (χ1n) is 11.0. The number of aromatic nitrogens is 2. The van der Waals surface area contributed by atoms with Crippen LogP contribution in [0, 0.1) is 0 Å². The van der Waals surface area contributed by atoms with Gasteiger partial charge in [-0.25, -0.2) is 4.68 Å². The average Bonchev–Trinajstić information content (AvgIpc) is 3.56. The number of carbonyl (C=O) groups is 2. The molecule has 31 heavy (non-hydrogen) atoms. The van der Waals surface area contributed by atoms with Gasteiger partial charge in [0.05, 0.1) is 5.69 Å². The minimum absolute atomic E-state index is 0.0742. The van der Waals surface area contributed by atoms with Crippen molar-refractivity contribution in [3.63, 3.8) is 0 Å². The largest absolute Gasteiger partial charge is 0.347 e. The van der Waals surface area contributed by atoms with E-state index in [1.54, 1.807) is 0 Å². The highest BCUT2D eigenvalue weighted by Gasteiger charge is 2.27. The number of likely N-dealkylation sites (tertiary alicyclic amines) is 1. The lowest BCUT2D eigenvalue weighted by molar-refractivity contribution is 0.0792. The van der Waals surface area contributed by atoms with Gasteiger partial charge in [0.2, 0.25) is 0 Å². The van der Waals surface area contributed by atoms with Gasteiger partial charge in [-0.3, -0.25) is 9.59 Å². The van der Waals surface area contributed by atoms with Crippen molar-refractivity contribution >= 4 is 11.8 Å². The number of para-hydroxylation sites is 1. The Balaban J connectivity index is 1.32. The van der Waals surface area contributed by atoms with Crippen molar-refractivity contribution in [2.75, 3.05) is 13.1 Å². The van der Waals surface area contributed by atoms with Crippen LogP contribution in [0.15, 0.2) is 54.6 Å². The molecule has 2 aromatic carbocycles. The molecule has 3 aromatic rings. The number of hydrogen-bond acceptors (Lipinski definition) is 3. The lowest BCUT2D eigenvalue weighted by Gasteiger charge is -2.15. The van der Waals surface area contributed by atoms with Gasteiger partial charge in [0.25, 0.3) is 11.8 Å². The van der Waals surface area contributed by atoms with E-state index in [0.29, 0.717) is 17.8 Å². The molecule has 158 valence electrons. The van der Waals surface area contributed by atoms with E-state index in [4.69, 9.17) is 0 Å². The molecule has 0 radical (unpaired) electrons. The Kier molecular flexibility index (Phi) is 5.28.